The summed E-state index contributed by atoms with van der Waals surface area (Å²) in [6, 6.07) is 0. The van der Waals surface area contributed by atoms with Crippen molar-refractivity contribution in [2.24, 2.45) is 0 Å². The predicted molar refractivity (Wildman–Crippen MR) is 53.9 cm³/mol. The number of thiazole rings is 1. The number of hydrogen-bond donors (Lipinski definition) is 1. The van der Waals surface area contributed by atoms with Gasteiger partial charge in [-0.2, -0.15) is 0 Å². The molecule has 0 aromatic carbocycles. The Balaban J connectivity index is 2.62. The summed E-state index contributed by atoms with van der Waals surface area (Å²) in [7, 11) is 1.97. The van der Waals surface area contributed by atoms with Crippen LogP contribution in [0.3, 0.4) is 0 Å². The van der Waals surface area contributed by atoms with Gasteiger partial charge in [-0.1, -0.05) is 6.92 Å². The number of hydrogen-bond acceptors (Lipinski definition) is 3. The van der Waals surface area contributed by atoms with Crippen LogP contribution in [0.25, 0.3) is 0 Å². The van der Waals surface area contributed by atoms with Crippen molar-refractivity contribution in [2.75, 3.05) is 13.6 Å². The zero-order chi connectivity index (χ0) is 8.97. The van der Waals surface area contributed by atoms with E-state index in [1.54, 1.807) is 0 Å². The highest BCUT2D eigenvalue weighted by molar-refractivity contribution is 7.11. The van der Waals surface area contributed by atoms with Crippen molar-refractivity contribution in [3.05, 3.63) is 15.6 Å². The lowest BCUT2D eigenvalue weighted by atomic mass is 10.3. The first-order chi connectivity index (χ1) is 5.77. The molecule has 68 valence electrons. The fraction of sp³-hybridized carbons (Fsp3) is 0.667. The van der Waals surface area contributed by atoms with E-state index in [4.69, 9.17) is 0 Å². The Morgan fingerprint density at radius 1 is 1.50 bits per heavy atom. The van der Waals surface area contributed by atoms with Crippen molar-refractivity contribution in [3.8, 4) is 0 Å². The van der Waals surface area contributed by atoms with Crippen molar-refractivity contribution < 1.29 is 0 Å². The van der Waals surface area contributed by atoms with Crippen LogP contribution in [0, 0.1) is 6.92 Å². The van der Waals surface area contributed by atoms with Crippen LogP contribution in [-0.4, -0.2) is 18.6 Å². The van der Waals surface area contributed by atoms with Gasteiger partial charge in [0, 0.05) is 17.8 Å². The molecule has 0 unspecified atom stereocenters. The van der Waals surface area contributed by atoms with Gasteiger partial charge in [-0.05, 0) is 20.4 Å². The number of nitrogens with one attached hydrogen (secondary N) is 1. The molecule has 3 heteroatoms. The summed E-state index contributed by atoms with van der Waals surface area (Å²) in [4.78, 5) is 5.93. The quantitative estimate of drug-likeness (QED) is 0.771. The molecule has 1 heterocycles. The van der Waals surface area contributed by atoms with Crippen LogP contribution >= 0.6 is 11.3 Å². The predicted octanol–water partition coefficient (Wildman–Crippen LogP) is 1.78. The molecular formula is C9H16N2S. The van der Waals surface area contributed by atoms with E-state index in [2.05, 4.69) is 24.1 Å². The third kappa shape index (κ3) is 2.29. The van der Waals surface area contributed by atoms with Crippen LogP contribution in [0.1, 0.15) is 22.5 Å². The van der Waals surface area contributed by atoms with E-state index in [1.807, 2.05) is 18.4 Å². The largest absolute Gasteiger partial charge is 0.319 e. The third-order valence-corrected chi connectivity index (χ3v) is 3.21. The van der Waals surface area contributed by atoms with Crippen LogP contribution in [-0.2, 0) is 12.8 Å². The minimum Gasteiger partial charge on any atom is -0.319 e. The first-order valence-corrected chi connectivity index (χ1v) is 5.19. The summed E-state index contributed by atoms with van der Waals surface area (Å²) in [5.41, 5.74) is 1.22. The summed E-state index contributed by atoms with van der Waals surface area (Å²) in [6.07, 6.45) is 2.17. The molecule has 1 rings (SSSR count). The monoisotopic (exact) mass is 184 g/mol. The highest BCUT2D eigenvalue weighted by Crippen LogP contribution is 2.18. The van der Waals surface area contributed by atoms with Gasteiger partial charge in [0.25, 0.3) is 0 Å². The molecule has 0 amide bonds. The molecule has 12 heavy (non-hydrogen) atoms. The molecule has 0 saturated carbocycles. The first-order valence-electron chi connectivity index (χ1n) is 4.37. The molecule has 0 radical (unpaired) electrons. The average Bonchev–Trinajstić information content (AvgIpc) is 2.43. The van der Waals surface area contributed by atoms with Gasteiger partial charge in [-0.15, -0.1) is 11.3 Å². The molecule has 2 nitrogen and oxygen atoms in total. The van der Waals surface area contributed by atoms with Crippen LogP contribution in [0.15, 0.2) is 0 Å². The van der Waals surface area contributed by atoms with Crippen molar-refractivity contribution >= 4 is 11.3 Å². The van der Waals surface area contributed by atoms with Crippen molar-refractivity contribution in [2.45, 2.75) is 26.7 Å². The zero-order valence-electron chi connectivity index (χ0n) is 7.98. The maximum Gasteiger partial charge on any atom is 0.0943 e. The molecule has 1 aromatic heterocycles. The van der Waals surface area contributed by atoms with Crippen LogP contribution in [0.2, 0.25) is 0 Å². The topological polar surface area (TPSA) is 24.9 Å². The van der Waals surface area contributed by atoms with E-state index < -0.39 is 0 Å². The zero-order valence-corrected chi connectivity index (χ0v) is 8.79. The second-order valence-electron chi connectivity index (χ2n) is 2.82. The molecule has 0 spiro atoms. The second kappa shape index (κ2) is 4.58. The Hall–Kier alpha value is -0.410. The first kappa shape index (κ1) is 9.68. The molecule has 0 bridgehead atoms. The van der Waals surface area contributed by atoms with Gasteiger partial charge < -0.3 is 5.32 Å². The van der Waals surface area contributed by atoms with E-state index in [1.165, 1.54) is 15.6 Å². The lowest BCUT2D eigenvalue weighted by Crippen LogP contribution is -2.09. The molecule has 0 atom stereocenters. The van der Waals surface area contributed by atoms with E-state index in [-0.39, 0.29) is 0 Å². The Morgan fingerprint density at radius 3 is 2.75 bits per heavy atom. The van der Waals surface area contributed by atoms with Gasteiger partial charge in [-0.3, -0.25) is 0 Å². The van der Waals surface area contributed by atoms with Crippen LogP contribution < -0.4 is 5.32 Å². The van der Waals surface area contributed by atoms with Gasteiger partial charge in [-0.25, -0.2) is 4.98 Å². The van der Waals surface area contributed by atoms with Gasteiger partial charge in [0.1, 0.15) is 0 Å². The number of nitrogens with zero attached hydrogens (tertiary/aromatic N) is 1. The molecule has 1 aromatic rings. The molecule has 0 aliphatic carbocycles. The lowest BCUT2D eigenvalue weighted by molar-refractivity contribution is 0.786. The maximum absolute atomic E-state index is 4.50. The normalized spacial score (nSPS) is 10.6. The SMILES string of the molecule is CCc1sc(CCNC)nc1C. The second-order valence-corrected chi connectivity index (χ2v) is 3.99. The van der Waals surface area contributed by atoms with Crippen molar-refractivity contribution in [1.29, 1.82) is 0 Å². The summed E-state index contributed by atoms with van der Waals surface area (Å²) >= 11 is 1.85. The van der Waals surface area contributed by atoms with E-state index >= 15 is 0 Å². The van der Waals surface area contributed by atoms with Gasteiger partial charge in [0.2, 0.25) is 0 Å². The molecule has 0 saturated heterocycles. The Morgan fingerprint density at radius 2 is 2.25 bits per heavy atom. The van der Waals surface area contributed by atoms with Gasteiger partial charge in [0.15, 0.2) is 0 Å². The van der Waals surface area contributed by atoms with E-state index in [0.29, 0.717) is 0 Å². The minimum atomic E-state index is 1.02. The van der Waals surface area contributed by atoms with Crippen molar-refractivity contribution in [1.82, 2.24) is 10.3 Å². The number of aromatic nitrogens is 1. The van der Waals surface area contributed by atoms with Crippen LogP contribution in [0.5, 0.6) is 0 Å². The third-order valence-electron chi connectivity index (χ3n) is 1.85. The highest BCUT2D eigenvalue weighted by Gasteiger charge is 2.04. The fourth-order valence-corrected chi connectivity index (χ4v) is 2.16. The van der Waals surface area contributed by atoms with E-state index in [0.717, 1.165) is 19.4 Å². The summed E-state index contributed by atoms with van der Waals surface area (Å²) in [6.45, 7) is 5.30. The van der Waals surface area contributed by atoms with Gasteiger partial charge in [0.05, 0.1) is 10.7 Å². The van der Waals surface area contributed by atoms with E-state index in [9.17, 15) is 0 Å². The molecule has 1 N–H and O–H groups in total. The fourth-order valence-electron chi connectivity index (χ4n) is 1.16. The summed E-state index contributed by atoms with van der Waals surface area (Å²) in [5, 5.41) is 4.39. The Labute approximate surface area is 78.0 Å². The lowest BCUT2D eigenvalue weighted by Gasteiger charge is -1.92. The maximum atomic E-state index is 4.50. The van der Waals surface area contributed by atoms with Gasteiger partial charge >= 0.3 is 0 Å². The Kier molecular flexibility index (Phi) is 3.69. The smallest absolute Gasteiger partial charge is 0.0943 e. The molecule has 0 fully saturated rings. The number of aryl methyl sites for hydroxylation is 2. The van der Waals surface area contributed by atoms with Crippen LogP contribution in [0.4, 0.5) is 0 Å². The number of rotatable bonds is 4. The average molecular weight is 184 g/mol. The minimum absolute atomic E-state index is 1.02. The number of likely N-dealkylation sites (N-methyl/N-ethyl adjacent to an activating group) is 1. The summed E-state index contributed by atoms with van der Waals surface area (Å²) < 4.78 is 0. The van der Waals surface area contributed by atoms with Crippen molar-refractivity contribution in [3.63, 3.8) is 0 Å². The molecule has 0 aliphatic heterocycles. The standard InChI is InChI=1S/C9H16N2S/c1-4-8-7(2)11-9(12-8)5-6-10-3/h10H,4-6H2,1-3H3. The summed E-state index contributed by atoms with van der Waals surface area (Å²) in [5.74, 6) is 0. The molecular weight excluding hydrogens is 168 g/mol. The Bertz CT molecular complexity index is 243. The molecule has 0 aliphatic rings. The highest BCUT2D eigenvalue weighted by atomic mass is 32.1.